The molecule has 1 aliphatic carbocycles. The molecule has 108 valence electrons. The molecule has 3 aromatic heterocycles. The van der Waals surface area contributed by atoms with Crippen LogP contribution in [0.4, 0.5) is 5.82 Å². The molecule has 0 spiro atoms. The van der Waals surface area contributed by atoms with E-state index in [1.807, 2.05) is 18.5 Å². The molecule has 0 fully saturated rings. The Bertz CT molecular complexity index is 864. The maximum atomic E-state index is 10.4. The molecule has 7 heteroatoms. The van der Waals surface area contributed by atoms with Crippen molar-refractivity contribution in [2.45, 2.75) is 25.9 Å². The highest BCUT2D eigenvalue weighted by atomic mass is 16.5. The molecule has 0 radical (unpaired) electrons. The lowest BCUT2D eigenvalue weighted by atomic mass is 10.0. The Morgan fingerprint density at radius 2 is 2.24 bits per heavy atom. The number of aryl methyl sites for hydroxylation is 2. The van der Waals surface area contributed by atoms with Crippen LogP contribution in [-0.2, 0) is 13.5 Å². The van der Waals surface area contributed by atoms with Crippen LogP contribution in [0.3, 0.4) is 0 Å². The molecular weight excluding hydrogens is 270 g/mol. The van der Waals surface area contributed by atoms with Gasteiger partial charge in [-0.15, -0.1) is 0 Å². The van der Waals surface area contributed by atoms with Crippen molar-refractivity contribution in [1.29, 1.82) is 0 Å². The predicted octanol–water partition coefficient (Wildman–Crippen LogP) is 1.49. The summed E-state index contributed by atoms with van der Waals surface area (Å²) in [7, 11) is 1.94. The number of nitrogen functional groups attached to an aromatic ring is 1. The van der Waals surface area contributed by atoms with Crippen molar-refractivity contribution in [3.05, 3.63) is 23.3 Å². The average Bonchev–Trinajstić information content (AvgIpc) is 2.91. The zero-order chi connectivity index (χ0) is 14.7. The summed E-state index contributed by atoms with van der Waals surface area (Å²) in [5, 5.41) is 15.3. The van der Waals surface area contributed by atoms with Gasteiger partial charge in [-0.05, 0) is 19.8 Å². The Balaban J connectivity index is 2.19. The first-order valence-corrected chi connectivity index (χ1v) is 6.82. The highest BCUT2D eigenvalue weighted by Crippen LogP contribution is 2.43. The topological polar surface area (TPSA) is 103 Å². The molecule has 4 rings (SSSR count). The third-order valence-corrected chi connectivity index (χ3v) is 4.25. The molecule has 7 nitrogen and oxygen atoms in total. The Morgan fingerprint density at radius 1 is 1.43 bits per heavy atom. The van der Waals surface area contributed by atoms with Gasteiger partial charge in [0.25, 0.3) is 0 Å². The molecule has 3 N–H and O–H groups in total. The van der Waals surface area contributed by atoms with E-state index in [1.165, 1.54) is 6.33 Å². The Kier molecular flexibility index (Phi) is 2.38. The molecule has 21 heavy (non-hydrogen) atoms. The van der Waals surface area contributed by atoms with E-state index in [9.17, 15) is 5.11 Å². The van der Waals surface area contributed by atoms with Crippen LogP contribution < -0.4 is 5.73 Å². The first-order chi connectivity index (χ1) is 10.1. The van der Waals surface area contributed by atoms with Crippen LogP contribution in [0.15, 0.2) is 10.9 Å². The highest BCUT2D eigenvalue weighted by Gasteiger charge is 2.31. The second kappa shape index (κ2) is 4.05. The predicted molar refractivity (Wildman–Crippen MR) is 76.4 cm³/mol. The van der Waals surface area contributed by atoms with Gasteiger partial charge >= 0.3 is 0 Å². The van der Waals surface area contributed by atoms with Crippen LogP contribution in [0.2, 0.25) is 0 Å². The summed E-state index contributed by atoms with van der Waals surface area (Å²) in [6.45, 7) is 1.81. The number of fused-ring (bicyclic) bond motifs is 5. The van der Waals surface area contributed by atoms with Crippen molar-refractivity contribution in [3.8, 4) is 11.3 Å². The van der Waals surface area contributed by atoms with Crippen molar-refractivity contribution >= 4 is 16.9 Å². The molecule has 3 heterocycles. The molecular formula is C14H15N5O2. The number of nitrogens with two attached hydrogens (primary N) is 1. The van der Waals surface area contributed by atoms with Crippen LogP contribution in [0.5, 0.6) is 0 Å². The molecule has 0 saturated heterocycles. The van der Waals surface area contributed by atoms with Gasteiger partial charge in [0, 0.05) is 18.3 Å². The lowest BCUT2D eigenvalue weighted by molar-refractivity contribution is 0.166. The first-order valence-electron chi connectivity index (χ1n) is 6.82. The molecule has 1 unspecified atom stereocenters. The Labute approximate surface area is 120 Å². The largest absolute Gasteiger partial charge is 0.388 e. The van der Waals surface area contributed by atoms with Crippen LogP contribution in [0.1, 0.15) is 29.5 Å². The standard InChI is InChI=1S/C14H15N5O2/c1-6-9-8(20)4-3-7-10(12(9)18-21-6)11-13(15)16-5-17-14(11)19(7)2/h5,8,20H,3-4H2,1-2H3,(H2,15,16,17). The third kappa shape index (κ3) is 1.49. The van der Waals surface area contributed by atoms with Gasteiger partial charge in [0.05, 0.1) is 17.1 Å². The molecule has 0 bridgehead atoms. The molecule has 0 aromatic carbocycles. The summed E-state index contributed by atoms with van der Waals surface area (Å²) < 4.78 is 7.29. The van der Waals surface area contributed by atoms with Crippen LogP contribution in [0.25, 0.3) is 22.3 Å². The summed E-state index contributed by atoms with van der Waals surface area (Å²) in [5.41, 5.74) is 10.2. The second-order valence-corrected chi connectivity index (χ2v) is 5.39. The van der Waals surface area contributed by atoms with Gasteiger partial charge in [-0.1, -0.05) is 5.16 Å². The molecule has 1 aliphatic rings. The molecule has 0 saturated carbocycles. The van der Waals surface area contributed by atoms with Gasteiger partial charge in [0.15, 0.2) is 0 Å². The number of rotatable bonds is 0. The average molecular weight is 285 g/mol. The summed E-state index contributed by atoms with van der Waals surface area (Å²) in [4.78, 5) is 8.42. The van der Waals surface area contributed by atoms with Gasteiger partial charge in [-0.25, -0.2) is 9.97 Å². The number of anilines is 1. The van der Waals surface area contributed by atoms with Crippen molar-refractivity contribution in [1.82, 2.24) is 19.7 Å². The van der Waals surface area contributed by atoms with Crippen molar-refractivity contribution in [3.63, 3.8) is 0 Å². The van der Waals surface area contributed by atoms with E-state index >= 15 is 0 Å². The van der Waals surface area contributed by atoms with E-state index in [1.54, 1.807) is 0 Å². The van der Waals surface area contributed by atoms with E-state index in [4.69, 9.17) is 10.3 Å². The van der Waals surface area contributed by atoms with Gasteiger partial charge in [0.1, 0.15) is 29.2 Å². The fraction of sp³-hybridized carbons (Fsp3) is 0.357. The monoisotopic (exact) mass is 285 g/mol. The second-order valence-electron chi connectivity index (χ2n) is 5.39. The van der Waals surface area contributed by atoms with Crippen LogP contribution in [-0.4, -0.2) is 24.8 Å². The normalized spacial score (nSPS) is 17.6. The van der Waals surface area contributed by atoms with Gasteiger partial charge in [-0.3, -0.25) is 0 Å². The first kappa shape index (κ1) is 12.3. The zero-order valence-corrected chi connectivity index (χ0v) is 11.8. The minimum absolute atomic E-state index is 0.417. The number of aliphatic hydroxyl groups excluding tert-OH is 1. The number of aromatic nitrogens is 4. The maximum absolute atomic E-state index is 10.4. The van der Waals surface area contributed by atoms with Crippen molar-refractivity contribution in [2.24, 2.45) is 7.05 Å². The summed E-state index contributed by atoms with van der Waals surface area (Å²) in [5.74, 6) is 1.05. The van der Waals surface area contributed by atoms with E-state index in [0.717, 1.165) is 34.3 Å². The Hall–Kier alpha value is -2.41. The minimum Gasteiger partial charge on any atom is -0.388 e. The van der Waals surface area contributed by atoms with E-state index in [2.05, 4.69) is 15.1 Å². The SMILES string of the molecule is Cc1onc2c1C(O)CCc1c-2c2c(N)ncnc2n1C. The fourth-order valence-corrected chi connectivity index (χ4v) is 3.24. The van der Waals surface area contributed by atoms with Gasteiger partial charge in [0.2, 0.25) is 0 Å². The molecule has 1 atom stereocenters. The lowest BCUT2D eigenvalue weighted by Gasteiger charge is -2.07. The summed E-state index contributed by atoms with van der Waals surface area (Å²) >= 11 is 0. The number of hydrogen-bond acceptors (Lipinski definition) is 6. The zero-order valence-electron chi connectivity index (χ0n) is 11.8. The van der Waals surface area contributed by atoms with E-state index in [0.29, 0.717) is 23.7 Å². The number of nitrogens with zero attached hydrogens (tertiary/aromatic N) is 4. The molecule has 0 amide bonds. The van der Waals surface area contributed by atoms with Crippen molar-refractivity contribution < 1.29 is 9.63 Å². The molecule has 0 aliphatic heterocycles. The lowest BCUT2D eigenvalue weighted by Crippen LogP contribution is -2.02. The fourth-order valence-electron chi connectivity index (χ4n) is 3.24. The third-order valence-electron chi connectivity index (χ3n) is 4.25. The number of aliphatic hydroxyl groups is 1. The smallest absolute Gasteiger partial charge is 0.146 e. The van der Waals surface area contributed by atoms with Crippen molar-refractivity contribution in [2.75, 3.05) is 5.73 Å². The summed E-state index contributed by atoms with van der Waals surface area (Å²) in [6, 6.07) is 0. The maximum Gasteiger partial charge on any atom is 0.146 e. The summed E-state index contributed by atoms with van der Waals surface area (Å²) in [6.07, 6.45) is 2.21. The van der Waals surface area contributed by atoms with Crippen LogP contribution in [0, 0.1) is 6.92 Å². The quantitative estimate of drug-likeness (QED) is 0.648. The van der Waals surface area contributed by atoms with E-state index in [-0.39, 0.29) is 0 Å². The minimum atomic E-state index is -0.584. The van der Waals surface area contributed by atoms with Crippen LogP contribution >= 0.6 is 0 Å². The molecule has 3 aromatic rings. The van der Waals surface area contributed by atoms with Gasteiger partial charge in [-0.2, -0.15) is 0 Å². The number of hydrogen-bond donors (Lipinski definition) is 2. The van der Waals surface area contributed by atoms with Gasteiger partial charge < -0.3 is 19.9 Å². The Morgan fingerprint density at radius 3 is 3.05 bits per heavy atom. The van der Waals surface area contributed by atoms with E-state index < -0.39 is 6.10 Å². The highest BCUT2D eigenvalue weighted by molar-refractivity contribution is 6.02.